The molecule has 0 atom stereocenters. The Kier molecular flexibility index (Phi) is 3.49. The highest BCUT2D eigenvalue weighted by atomic mass is 32.2. The maximum atomic E-state index is 12.1. The Bertz CT molecular complexity index is 655. The number of hydrogen-bond donors (Lipinski definition) is 0. The third-order valence-electron chi connectivity index (χ3n) is 3.39. The number of rotatable bonds is 2. The monoisotopic (exact) mass is 286 g/mol. The molecule has 1 aliphatic carbocycles. The Labute approximate surface area is 121 Å². The molecule has 0 fully saturated rings. The van der Waals surface area contributed by atoms with Gasteiger partial charge in [0.2, 0.25) is 0 Å². The van der Waals surface area contributed by atoms with Gasteiger partial charge in [-0.15, -0.1) is 0 Å². The summed E-state index contributed by atoms with van der Waals surface area (Å²) in [6, 6.07) is 7.99. The molecule has 0 radical (unpaired) electrons. The summed E-state index contributed by atoms with van der Waals surface area (Å²) in [5, 5.41) is 0. The van der Waals surface area contributed by atoms with Crippen LogP contribution in [0.5, 0.6) is 0 Å². The Morgan fingerprint density at radius 2 is 2.15 bits per heavy atom. The van der Waals surface area contributed by atoms with Gasteiger partial charge < -0.3 is 4.74 Å². The number of carbonyl (C=O) groups is 2. The van der Waals surface area contributed by atoms with E-state index < -0.39 is 0 Å². The molecule has 1 aliphatic heterocycles. The van der Waals surface area contributed by atoms with E-state index in [2.05, 4.69) is 0 Å². The van der Waals surface area contributed by atoms with Crippen molar-refractivity contribution < 1.29 is 14.3 Å². The van der Waals surface area contributed by atoms with Gasteiger partial charge in [0, 0.05) is 28.2 Å². The lowest BCUT2D eigenvalue weighted by Crippen LogP contribution is -2.20. The molecule has 1 aromatic rings. The second kappa shape index (κ2) is 5.29. The summed E-state index contributed by atoms with van der Waals surface area (Å²) in [7, 11) is 0. The van der Waals surface area contributed by atoms with Crippen LogP contribution in [0, 0.1) is 0 Å². The molecule has 0 bridgehead atoms. The Morgan fingerprint density at radius 1 is 1.35 bits per heavy atom. The van der Waals surface area contributed by atoms with E-state index in [0.29, 0.717) is 18.6 Å². The lowest BCUT2D eigenvalue weighted by molar-refractivity contribution is -0.138. The van der Waals surface area contributed by atoms with Gasteiger partial charge in [0.1, 0.15) is 0 Å². The number of hydrogen-bond acceptors (Lipinski definition) is 4. The predicted molar refractivity (Wildman–Crippen MR) is 77.4 cm³/mol. The van der Waals surface area contributed by atoms with Gasteiger partial charge in [-0.05, 0) is 18.6 Å². The Balaban J connectivity index is 2.01. The van der Waals surface area contributed by atoms with Crippen LogP contribution in [0.1, 0.15) is 18.9 Å². The zero-order chi connectivity index (χ0) is 14.1. The molecule has 4 heteroatoms. The van der Waals surface area contributed by atoms with Crippen molar-refractivity contribution in [2.45, 2.75) is 24.7 Å². The van der Waals surface area contributed by atoms with Crippen molar-refractivity contribution in [1.29, 1.82) is 0 Å². The molecule has 1 aromatic carbocycles. The summed E-state index contributed by atoms with van der Waals surface area (Å²) in [5.41, 5.74) is 2.44. The molecule has 3 nitrogen and oxygen atoms in total. The van der Waals surface area contributed by atoms with Crippen molar-refractivity contribution in [2.24, 2.45) is 0 Å². The van der Waals surface area contributed by atoms with Gasteiger partial charge in [0.25, 0.3) is 0 Å². The standard InChI is InChI=1S/C16H14O3S/c1-2-19-16(18)11-7-8-13(17)12-9-10-5-3-4-6-14(10)20-15(11)12/h3-7H,2,8-9H2,1H3. The third kappa shape index (κ3) is 2.20. The number of carbonyl (C=O) groups excluding carboxylic acids is 2. The second-order valence-corrected chi connectivity index (χ2v) is 5.71. The number of thioether (sulfide) groups is 1. The first-order chi connectivity index (χ1) is 9.70. The SMILES string of the molecule is CCOC(=O)C1=CCC(=O)C2=C1Sc1ccccc1C2. The fraction of sp³-hybridized carbons (Fsp3) is 0.250. The molecule has 0 spiro atoms. The van der Waals surface area contributed by atoms with E-state index in [1.807, 2.05) is 24.3 Å². The Morgan fingerprint density at radius 3 is 2.95 bits per heavy atom. The van der Waals surface area contributed by atoms with Crippen LogP contribution in [0.3, 0.4) is 0 Å². The number of allylic oxidation sites excluding steroid dienone is 2. The quantitative estimate of drug-likeness (QED) is 0.784. The average Bonchev–Trinajstić information content (AvgIpc) is 2.46. The summed E-state index contributed by atoms with van der Waals surface area (Å²) in [5.74, 6) is -0.227. The lowest BCUT2D eigenvalue weighted by Gasteiger charge is -2.25. The van der Waals surface area contributed by atoms with Crippen molar-refractivity contribution in [1.82, 2.24) is 0 Å². The van der Waals surface area contributed by atoms with Crippen LogP contribution < -0.4 is 0 Å². The third-order valence-corrected chi connectivity index (χ3v) is 4.68. The average molecular weight is 286 g/mol. The molecule has 102 valence electrons. The number of benzene rings is 1. The Hall–Kier alpha value is -1.81. The van der Waals surface area contributed by atoms with E-state index in [4.69, 9.17) is 4.74 Å². The van der Waals surface area contributed by atoms with E-state index in [0.717, 1.165) is 20.9 Å². The fourth-order valence-corrected chi connectivity index (χ4v) is 3.65. The van der Waals surface area contributed by atoms with Crippen LogP contribution in [0.4, 0.5) is 0 Å². The highest BCUT2D eigenvalue weighted by Gasteiger charge is 2.31. The molecule has 0 saturated heterocycles. The van der Waals surface area contributed by atoms with Crippen LogP contribution in [0.25, 0.3) is 0 Å². The minimum Gasteiger partial charge on any atom is -0.462 e. The molecule has 0 N–H and O–H groups in total. The van der Waals surface area contributed by atoms with E-state index in [1.54, 1.807) is 13.0 Å². The van der Waals surface area contributed by atoms with Crippen molar-refractivity contribution in [2.75, 3.05) is 6.61 Å². The molecule has 0 aromatic heterocycles. The van der Waals surface area contributed by atoms with Gasteiger partial charge in [0.15, 0.2) is 5.78 Å². The summed E-state index contributed by atoms with van der Waals surface area (Å²) in [6.07, 6.45) is 2.59. The minimum absolute atomic E-state index is 0.107. The topological polar surface area (TPSA) is 43.4 Å². The molecule has 2 aliphatic rings. The van der Waals surface area contributed by atoms with E-state index in [-0.39, 0.29) is 18.2 Å². The molecule has 1 heterocycles. The molecule has 0 amide bonds. The van der Waals surface area contributed by atoms with Gasteiger partial charge in [-0.1, -0.05) is 36.0 Å². The first-order valence-corrected chi connectivity index (χ1v) is 7.42. The normalized spacial score (nSPS) is 17.2. The lowest BCUT2D eigenvalue weighted by atomic mass is 9.92. The van der Waals surface area contributed by atoms with Crippen LogP contribution in [-0.4, -0.2) is 18.4 Å². The molecule has 0 unspecified atom stereocenters. The minimum atomic E-state index is -0.334. The first kappa shape index (κ1) is 13.2. The number of fused-ring (bicyclic) bond motifs is 1. The summed E-state index contributed by atoms with van der Waals surface area (Å²) < 4.78 is 5.09. The van der Waals surface area contributed by atoms with E-state index in [1.165, 1.54) is 11.8 Å². The van der Waals surface area contributed by atoms with Gasteiger partial charge in [0.05, 0.1) is 12.2 Å². The van der Waals surface area contributed by atoms with Gasteiger partial charge in [-0.25, -0.2) is 4.79 Å². The first-order valence-electron chi connectivity index (χ1n) is 6.60. The van der Waals surface area contributed by atoms with Crippen molar-refractivity contribution >= 4 is 23.5 Å². The summed E-state index contributed by atoms with van der Waals surface area (Å²) >= 11 is 1.50. The van der Waals surface area contributed by atoms with Crippen molar-refractivity contribution in [3.8, 4) is 0 Å². The molecule has 0 saturated carbocycles. The van der Waals surface area contributed by atoms with Gasteiger partial charge in [-0.2, -0.15) is 0 Å². The van der Waals surface area contributed by atoms with Crippen molar-refractivity contribution in [3.05, 3.63) is 52.0 Å². The van der Waals surface area contributed by atoms with Gasteiger partial charge >= 0.3 is 5.97 Å². The maximum Gasteiger partial charge on any atom is 0.338 e. The fourth-order valence-electron chi connectivity index (χ4n) is 2.43. The van der Waals surface area contributed by atoms with Crippen LogP contribution in [0.2, 0.25) is 0 Å². The predicted octanol–water partition coefficient (Wildman–Crippen LogP) is 3.05. The molecular weight excluding hydrogens is 272 g/mol. The van der Waals surface area contributed by atoms with Crippen LogP contribution >= 0.6 is 11.8 Å². The highest BCUT2D eigenvalue weighted by Crippen LogP contribution is 2.44. The molecule has 3 rings (SSSR count). The number of ketones is 1. The number of ether oxygens (including phenoxy) is 1. The van der Waals surface area contributed by atoms with Crippen LogP contribution in [-0.2, 0) is 20.7 Å². The highest BCUT2D eigenvalue weighted by molar-refractivity contribution is 8.03. The zero-order valence-electron chi connectivity index (χ0n) is 11.1. The largest absolute Gasteiger partial charge is 0.462 e. The molecular formula is C16H14O3S. The van der Waals surface area contributed by atoms with Gasteiger partial charge in [-0.3, -0.25) is 4.79 Å². The van der Waals surface area contributed by atoms with Crippen molar-refractivity contribution in [3.63, 3.8) is 0 Å². The summed E-state index contributed by atoms with van der Waals surface area (Å²) in [6.45, 7) is 2.12. The maximum absolute atomic E-state index is 12.1. The number of Topliss-reactive ketones (excluding diaryl/α,β-unsaturated/α-hetero) is 1. The number of esters is 1. The molecule has 20 heavy (non-hydrogen) atoms. The van der Waals surface area contributed by atoms with E-state index >= 15 is 0 Å². The second-order valence-electron chi connectivity index (χ2n) is 4.66. The van der Waals surface area contributed by atoms with Crippen LogP contribution in [0.15, 0.2) is 51.3 Å². The summed E-state index contributed by atoms with van der Waals surface area (Å²) in [4.78, 5) is 26.0. The zero-order valence-corrected chi connectivity index (χ0v) is 12.0. The smallest absolute Gasteiger partial charge is 0.338 e. The van der Waals surface area contributed by atoms with E-state index in [9.17, 15) is 9.59 Å².